The Kier molecular flexibility index (Phi) is 5.54. The molecule has 0 aliphatic carbocycles. The molecule has 108 valence electrons. The van der Waals surface area contributed by atoms with Crippen molar-refractivity contribution in [1.82, 2.24) is 0 Å². The lowest BCUT2D eigenvalue weighted by molar-refractivity contribution is -0.111. The van der Waals surface area contributed by atoms with E-state index in [1.165, 1.54) is 6.08 Å². The summed E-state index contributed by atoms with van der Waals surface area (Å²) in [7, 11) is 0. The zero-order valence-electron chi connectivity index (χ0n) is 10.5. The topological polar surface area (TPSA) is 29.1 Å². The standard InChI is InChI=1S/C15H9Cl4NO/c16-10-6-4-9(13(19)8-10)5-7-14(21)20-15-11(17)2-1-3-12(15)18/h1-8H,(H,20,21)/b7-5-. The van der Waals surface area contributed by atoms with Gasteiger partial charge in [-0.1, -0.05) is 58.5 Å². The zero-order chi connectivity index (χ0) is 15.4. The minimum Gasteiger partial charge on any atom is -0.320 e. The second kappa shape index (κ2) is 7.19. The van der Waals surface area contributed by atoms with E-state index in [4.69, 9.17) is 46.4 Å². The first-order chi connectivity index (χ1) is 9.97. The van der Waals surface area contributed by atoms with Crippen LogP contribution >= 0.6 is 46.4 Å². The van der Waals surface area contributed by atoms with Gasteiger partial charge in [-0.3, -0.25) is 4.79 Å². The average Bonchev–Trinajstić information content (AvgIpc) is 2.42. The summed E-state index contributed by atoms with van der Waals surface area (Å²) in [4.78, 5) is 11.9. The fraction of sp³-hybridized carbons (Fsp3) is 0. The molecule has 0 saturated heterocycles. The minimum atomic E-state index is -0.365. The van der Waals surface area contributed by atoms with Gasteiger partial charge in [-0.25, -0.2) is 0 Å². The van der Waals surface area contributed by atoms with Crippen molar-refractivity contribution in [2.24, 2.45) is 0 Å². The summed E-state index contributed by atoms with van der Waals surface area (Å²) < 4.78 is 0. The maximum atomic E-state index is 11.9. The van der Waals surface area contributed by atoms with Crippen LogP contribution in [0.15, 0.2) is 42.5 Å². The second-order valence-corrected chi connectivity index (χ2v) is 5.74. The van der Waals surface area contributed by atoms with E-state index in [0.717, 1.165) is 0 Å². The van der Waals surface area contributed by atoms with Crippen LogP contribution in [-0.2, 0) is 4.79 Å². The third-order valence-electron chi connectivity index (χ3n) is 2.59. The molecule has 1 N–H and O–H groups in total. The van der Waals surface area contributed by atoms with Gasteiger partial charge in [0, 0.05) is 16.1 Å². The summed E-state index contributed by atoms with van der Waals surface area (Å²) in [5, 5.41) is 4.35. The van der Waals surface area contributed by atoms with Crippen LogP contribution in [0.5, 0.6) is 0 Å². The Hall–Kier alpha value is -1.19. The third-order valence-corrected chi connectivity index (χ3v) is 3.78. The van der Waals surface area contributed by atoms with Gasteiger partial charge in [-0.15, -0.1) is 0 Å². The van der Waals surface area contributed by atoms with E-state index in [-0.39, 0.29) is 5.91 Å². The highest BCUT2D eigenvalue weighted by atomic mass is 35.5. The molecule has 0 radical (unpaired) electrons. The number of para-hydroxylation sites is 1. The van der Waals surface area contributed by atoms with Crippen LogP contribution in [-0.4, -0.2) is 5.91 Å². The molecule has 0 heterocycles. The molecule has 0 saturated carbocycles. The molecule has 1 amide bonds. The van der Waals surface area contributed by atoms with Gasteiger partial charge in [-0.05, 0) is 35.9 Å². The highest BCUT2D eigenvalue weighted by Crippen LogP contribution is 2.29. The Balaban J connectivity index is 2.13. The van der Waals surface area contributed by atoms with Gasteiger partial charge in [0.15, 0.2) is 0 Å². The Morgan fingerprint density at radius 3 is 2.24 bits per heavy atom. The van der Waals surface area contributed by atoms with Crippen LogP contribution in [0.2, 0.25) is 20.1 Å². The highest BCUT2D eigenvalue weighted by molar-refractivity contribution is 6.40. The number of anilines is 1. The summed E-state index contributed by atoms with van der Waals surface area (Å²) in [6.45, 7) is 0. The molecule has 0 atom stereocenters. The van der Waals surface area contributed by atoms with E-state index in [2.05, 4.69) is 5.32 Å². The maximum Gasteiger partial charge on any atom is 0.248 e. The quantitative estimate of drug-likeness (QED) is 0.673. The minimum absolute atomic E-state index is 0.365. The summed E-state index contributed by atoms with van der Waals surface area (Å²) in [5.74, 6) is -0.365. The number of halogens is 4. The number of carbonyl (C=O) groups excluding carboxylic acids is 1. The first-order valence-electron chi connectivity index (χ1n) is 5.85. The SMILES string of the molecule is O=C(/C=C\c1ccc(Cl)cc1Cl)Nc1c(Cl)cccc1Cl. The summed E-state index contributed by atoms with van der Waals surface area (Å²) in [6, 6.07) is 9.99. The Morgan fingerprint density at radius 1 is 0.952 bits per heavy atom. The summed E-state index contributed by atoms with van der Waals surface area (Å²) >= 11 is 23.8. The van der Waals surface area contributed by atoms with E-state index in [1.807, 2.05) is 0 Å². The summed E-state index contributed by atoms with van der Waals surface area (Å²) in [6.07, 6.45) is 2.92. The van der Waals surface area contributed by atoms with Gasteiger partial charge in [0.25, 0.3) is 0 Å². The first-order valence-corrected chi connectivity index (χ1v) is 7.36. The number of hydrogen-bond acceptors (Lipinski definition) is 1. The van der Waals surface area contributed by atoms with Crippen molar-refractivity contribution in [3.63, 3.8) is 0 Å². The molecule has 0 aromatic heterocycles. The van der Waals surface area contributed by atoms with Crippen LogP contribution in [0.4, 0.5) is 5.69 Å². The monoisotopic (exact) mass is 359 g/mol. The third kappa shape index (κ3) is 4.39. The van der Waals surface area contributed by atoms with Crippen molar-refractivity contribution in [1.29, 1.82) is 0 Å². The average molecular weight is 361 g/mol. The molecule has 0 bridgehead atoms. The van der Waals surface area contributed by atoms with Crippen molar-refractivity contribution in [3.05, 3.63) is 68.1 Å². The number of carbonyl (C=O) groups is 1. The Labute approximate surface area is 142 Å². The highest BCUT2D eigenvalue weighted by Gasteiger charge is 2.07. The molecular weight excluding hydrogens is 352 g/mol. The van der Waals surface area contributed by atoms with Crippen molar-refractivity contribution < 1.29 is 4.79 Å². The number of hydrogen-bond donors (Lipinski definition) is 1. The van der Waals surface area contributed by atoms with Gasteiger partial charge in [-0.2, -0.15) is 0 Å². The number of nitrogens with one attached hydrogen (secondary N) is 1. The van der Waals surface area contributed by atoms with Crippen molar-refractivity contribution in [2.75, 3.05) is 5.32 Å². The zero-order valence-corrected chi connectivity index (χ0v) is 13.6. The molecule has 2 aromatic rings. The van der Waals surface area contributed by atoms with Gasteiger partial charge >= 0.3 is 0 Å². The number of amides is 1. The lowest BCUT2D eigenvalue weighted by Crippen LogP contribution is -2.08. The predicted molar refractivity (Wildman–Crippen MR) is 90.6 cm³/mol. The molecule has 6 heteroatoms. The molecule has 21 heavy (non-hydrogen) atoms. The van der Waals surface area contributed by atoms with Crippen molar-refractivity contribution in [3.8, 4) is 0 Å². The van der Waals surface area contributed by atoms with Gasteiger partial charge in [0.2, 0.25) is 5.91 Å². The second-order valence-electron chi connectivity index (χ2n) is 4.09. The van der Waals surface area contributed by atoms with Crippen molar-refractivity contribution in [2.45, 2.75) is 0 Å². The molecular formula is C15H9Cl4NO. The van der Waals surface area contributed by atoms with Gasteiger partial charge in [0.05, 0.1) is 15.7 Å². The molecule has 2 rings (SSSR count). The predicted octanol–water partition coefficient (Wildman–Crippen LogP) is 5.95. The van der Waals surface area contributed by atoms with Crippen LogP contribution in [0.1, 0.15) is 5.56 Å². The van der Waals surface area contributed by atoms with E-state index in [0.29, 0.717) is 31.3 Å². The lowest BCUT2D eigenvalue weighted by atomic mass is 10.2. The smallest absolute Gasteiger partial charge is 0.248 e. The first kappa shape index (κ1) is 16.2. The molecule has 0 aliphatic rings. The van der Waals surface area contributed by atoms with Crippen LogP contribution in [0, 0.1) is 0 Å². The summed E-state index contributed by atoms with van der Waals surface area (Å²) in [5.41, 5.74) is 1.05. The van der Waals surface area contributed by atoms with E-state index >= 15 is 0 Å². The Bertz CT molecular complexity index is 693. The molecule has 0 unspecified atom stereocenters. The fourth-order valence-corrected chi connectivity index (χ4v) is 2.55. The van der Waals surface area contributed by atoms with Gasteiger partial charge in [0.1, 0.15) is 0 Å². The van der Waals surface area contributed by atoms with Gasteiger partial charge < -0.3 is 5.32 Å². The van der Waals surface area contributed by atoms with E-state index in [9.17, 15) is 4.79 Å². The molecule has 0 fully saturated rings. The fourth-order valence-electron chi connectivity index (χ4n) is 1.58. The number of rotatable bonds is 3. The molecule has 0 spiro atoms. The molecule has 2 aromatic carbocycles. The maximum absolute atomic E-state index is 11.9. The van der Waals surface area contributed by atoms with Crippen LogP contribution in [0.25, 0.3) is 6.08 Å². The van der Waals surface area contributed by atoms with Crippen LogP contribution < -0.4 is 5.32 Å². The lowest BCUT2D eigenvalue weighted by Gasteiger charge is -2.06. The normalized spacial score (nSPS) is 10.9. The number of benzene rings is 2. The molecule has 2 nitrogen and oxygen atoms in total. The largest absolute Gasteiger partial charge is 0.320 e. The van der Waals surface area contributed by atoms with Crippen molar-refractivity contribution >= 4 is 64.1 Å². The Morgan fingerprint density at radius 2 is 1.62 bits per heavy atom. The molecule has 0 aliphatic heterocycles. The van der Waals surface area contributed by atoms with Crippen LogP contribution in [0.3, 0.4) is 0 Å². The van der Waals surface area contributed by atoms with E-state index < -0.39 is 0 Å². The van der Waals surface area contributed by atoms with E-state index in [1.54, 1.807) is 42.5 Å².